The second kappa shape index (κ2) is 3.34. The van der Waals surface area contributed by atoms with Crippen LogP contribution in [0.25, 0.3) is 0 Å². The molecule has 4 nitrogen and oxygen atoms in total. The smallest absolute Gasteiger partial charge is 0.269 e. The minimum atomic E-state index is -3.01. The number of nitrogens with one attached hydrogen (secondary N) is 1. The fourth-order valence-electron chi connectivity index (χ4n) is 0.912. The molecular formula is C7H6F2N2O2. The maximum atomic E-state index is 12.2. The maximum Gasteiger partial charge on any atom is 0.269 e. The summed E-state index contributed by atoms with van der Waals surface area (Å²) in [6.45, 7) is 0. The monoisotopic (exact) mass is 188 g/mol. The van der Waals surface area contributed by atoms with Crippen molar-refractivity contribution < 1.29 is 13.6 Å². The minimum Gasteiger partial charge on any atom is -0.364 e. The van der Waals surface area contributed by atoms with Gasteiger partial charge >= 0.3 is 0 Å². The third kappa shape index (κ3) is 1.71. The Kier molecular flexibility index (Phi) is 2.41. The van der Waals surface area contributed by atoms with Crippen LogP contribution in [0.1, 0.15) is 22.5 Å². The number of carbonyl (C=O) groups is 1. The molecule has 1 heterocycles. The number of alkyl halides is 2. The van der Waals surface area contributed by atoms with Crippen molar-refractivity contribution in [2.45, 2.75) is 6.43 Å². The van der Waals surface area contributed by atoms with Gasteiger partial charge < -0.3 is 10.7 Å². The van der Waals surface area contributed by atoms with E-state index in [1.165, 1.54) is 0 Å². The van der Waals surface area contributed by atoms with Gasteiger partial charge in [-0.2, -0.15) is 0 Å². The summed E-state index contributed by atoms with van der Waals surface area (Å²) in [5.74, 6) is -1.08. The molecule has 0 unspecified atom stereocenters. The first-order chi connectivity index (χ1) is 6.04. The number of amides is 1. The Labute approximate surface area is 71.4 Å². The molecular weight excluding hydrogens is 182 g/mol. The van der Waals surface area contributed by atoms with Gasteiger partial charge in [0.2, 0.25) is 0 Å². The zero-order valence-corrected chi connectivity index (χ0v) is 6.38. The Morgan fingerprint density at radius 1 is 1.54 bits per heavy atom. The Morgan fingerprint density at radius 3 is 2.54 bits per heavy atom. The molecule has 0 aliphatic rings. The third-order valence-corrected chi connectivity index (χ3v) is 1.46. The van der Waals surface area contributed by atoms with Gasteiger partial charge in [0.25, 0.3) is 12.3 Å². The Morgan fingerprint density at radius 2 is 2.15 bits per heavy atom. The van der Waals surface area contributed by atoms with Crippen molar-refractivity contribution in [3.8, 4) is 0 Å². The van der Waals surface area contributed by atoms with E-state index in [-0.39, 0.29) is 0 Å². The minimum absolute atomic E-state index is 0.539. The molecule has 0 aromatic carbocycles. The number of primary amides is 1. The molecule has 0 aliphatic carbocycles. The normalized spacial score (nSPS) is 10.4. The van der Waals surface area contributed by atoms with E-state index in [1.807, 2.05) is 0 Å². The van der Waals surface area contributed by atoms with Crippen LogP contribution in [0.2, 0.25) is 0 Å². The summed E-state index contributed by atoms with van der Waals surface area (Å²) in [5.41, 5.74) is 2.46. The molecule has 1 aromatic heterocycles. The molecule has 1 aromatic rings. The maximum absolute atomic E-state index is 12.2. The van der Waals surface area contributed by atoms with Gasteiger partial charge in [-0.3, -0.25) is 9.59 Å². The Balaban J connectivity index is 3.43. The molecule has 0 aliphatic heterocycles. The van der Waals surface area contributed by atoms with Crippen LogP contribution in [-0.2, 0) is 0 Å². The van der Waals surface area contributed by atoms with Gasteiger partial charge in [0, 0.05) is 12.3 Å². The second-order valence-electron chi connectivity index (χ2n) is 2.30. The van der Waals surface area contributed by atoms with Crippen molar-refractivity contribution in [2.75, 3.05) is 0 Å². The lowest BCUT2D eigenvalue weighted by atomic mass is 10.2. The number of H-pyrrole nitrogens is 1. The van der Waals surface area contributed by atoms with Crippen LogP contribution in [0.3, 0.4) is 0 Å². The fraction of sp³-hybridized carbons (Fsp3) is 0.143. The quantitative estimate of drug-likeness (QED) is 0.705. The molecule has 13 heavy (non-hydrogen) atoms. The molecule has 0 atom stereocenters. The number of rotatable bonds is 2. The number of hydrogen-bond acceptors (Lipinski definition) is 2. The summed E-state index contributed by atoms with van der Waals surface area (Å²) < 4.78 is 24.4. The first-order valence-electron chi connectivity index (χ1n) is 3.33. The van der Waals surface area contributed by atoms with Crippen molar-refractivity contribution in [1.82, 2.24) is 4.98 Å². The average molecular weight is 188 g/mol. The molecule has 70 valence electrons. The van der Waals surface area contributed by atoms with E-state index < -0.39 is 29.0 Å². The Hall–Kier alpha value is -1.72. The molecule has 0 spiro atoms. The molecule has 6 heteroatoms. The second-order valence-corrected chi connectivity index (χ2v) is 2.30. The summed E-state index contributed by atoms with van der Waals surface area (Å²) >= 11 is 0. The predicted molar refractivity (Wildman–Crippen MR) is 40.5 cm³/mol. The summed E-state index contributed by atoms with van der Waals surface area (Å²) in [7, 11) is 0. The standard InChI is InChI=1S/C7H6F2N2O2/c8-6(9)4-3(12)1-2-11-5(4)7(10)13/h1-2,6H,(H2,10,13)(H,11,12). The highest BCUT2D eigenvalue weighted by atomic mass is 19.3. The van der Waals surface area contributed by atoms with E-state index in [1.54, 1.807) is 0 Å². The molecule has 0 radical (unpaired) electrons. The van der Waals surface area contributed by atoms with Gasteiger partial charge in [-0.25, -0.2) is 8.78 Å². The van der Waals surface area contributed by atoms with Crippen molar-refractivity contribution in [2.24, 2.45) is 5.73 Å². The van der Waals surface area contributed by atoms with Crippen LogP contribution in [-0.4, -0.2) is 10.9 Å². The largest absolute Gasteiger partial charge is 0.364 e. The highest BCUT2D eigenvalue weighted by Crippen LogP contribution is 2.16. The molecule has 1 rings (SSSR count). The number of aromatic nitrogens is 1. The molecule has 0 fully saturated rings. The van der Waals surface area contributed by atoms with Gasteiger partial charge in [-0.1, -0.05) is 0 Å². The highest BCUT2D eigenvalue weighted by molar-refractivity contribution is 5.92. The predicted octanol–water partition coefficient (Wildman–Crippen LogP) is 0.411. The lowest BCUT2D eigenvalue weighted by Gasteiger charge is -2.02. The van der Waals surface area contributed by atoms with Crippen LogP contribution >= 0.6 is 0 Å². The lowest BCUT2D eigenvalue weighted by Crippen LogP contribution is -2.22. The van der Waals surface area contributed by atoms with E-state index >= 15 is 0 Å². The van der Waals surface area contributed by atoms with Crippen molar-refractivity contribution in [3.63, 3.8) is 0 Å². The average Bonchev–Trinajstić information content (AvgIpc) is 2.02. The van der Waals surface area contributed by atoms with E-state index in [0.29, 0.717) is 0 Å². The summed E-state index contributed by atoms with van der Waals surface area (Å²) in [6.07, 6.45) is -1.92. The molecule has 1 amide bonds. The van der Waals surface area contributed by atoms with Gasteiger partial charge in [0.15, 0.2) is 5.43 Å². The van der Waals surface area contributed by atoms with E-state index in [0.717, 1.165) is 12.3 Å². The molecule has 3 N–H and O–H groups in total. The fourth-order valence-corrected chi connectivity index (χ4v) is 0.912. The molecule has 0 bridgehead atoms. The number of aromatic amines is 1. The van der Waals surface area contributed by atoms with Gasteiger partial charge in [-0.05, 0) is 0 Å². The topological polar surface area (TPSA) is 76.0 Å². The number of nitrogens with two attached hydrogens (primary N) is 1. The van der Waals surface area contributed by atoms with Crippen molar-refractivity contribution >= 4 is 5.91 Å². The van der Waals surface area contributed by atoms with Crippen LogP contribution in [0.4, 0.5) is 8.78 Å². The first-order valence-corrected chi connectivity index (χ1v) is 3.33. The van der Waals surface area contributed by atoms with E-state index in [4.69, 9.17) is 5.73 Å². The summed E-state index contributed by atoms with van der Waals surface area (Å²) in [6, 6.07) is 0.911. The van der Waals surface area contributed by atoms with Gasteiger partial charge in [0.05, 0.1) is 5.56 Å². The molecule has 0 saturated carbocycles. The van der Waals surface area contributed by atoms with E-state index in [9.17, 15) is 18.4 Å². The highest BCUT2D eigenvalue weighted by Gasteiger charge is 2.19. The van der Waals surface area contributed by atoms with Crippen LogP contribution in [0.5, 0.6) is 0 Å². The van der Waals surface area contributed by atoms with Crippen LogP contribution < -0.4 is 11.2 Å². The van der Waals surface area contributed by atoms with Crippen molar-refractivity contribution in [1.29, 1.82) is 0 Å². The third-order valence-electron chi connectivity index (χ3n) is 1.46. The number of pyridine rings is 1. The van der Waals surface area contributed by atoms with Gasteiger partial charge in [0.1, 0.15) is 5.69 Å². The van der Waals surface area contributed by atoms with Crippen molar-refractivity contribution in [3.05, 3.63) is 33.7 Å². The first kappa shape index (κ1) is 9.37. The summed E-state index contributed by atoms with van der Waals surface area (Å²) in [5, 5.41) is 0. The zero-order valence-electron chi connectivity index (χ0n) is 6.38. The number of hydrogen-bond donors (Lipinski definition) is 2. The van der Waals surface area contributed by atoms with Crippen LogP contribution in [0, 0.1) is 0 Å². The number of carbonyl (C=O) groups excluding carboxylic acids is 1. The van der Waals surface area contributed by atoms with Crippen LogP contribution in [0.15, 0.2) is 17.1 Å². The summed E-state index contributed by atoms with van der Waals surface area (Å²) in [4.78, 5) is 23.7. The number of halogens is 2. The SMILES string of the molecule is NC(=O)c1[nH]ccc(=O)c1C(F)F. The zero-order chi connectivity index (χ0) is 10.0. The Bertz CT molecular complexity index is 386. The van der Waals surface area contributed by atoms with E-state index in [2.05, 4.69) is 4.98 Å². The lowest BCUT2D eigenvalue weighted by molar-refractivity contribution is 0.0979. The molecule has 0 saturated heterocycles. The van der Waals surface area contributed by atoms with Gasteiger partial charge in [-0.15, -0.1) is 0 Å².